The molecule has 1 aromatic rings. The SMILES string of the molecule is CC(C)C1CCN(c2nc(Cl)c(CO)s2)C1. The minimum absolute atomic E-state index is 0.0159. The molecule has 1 aromatic heterocycles. The van der Waals surface area contributed by atoms with E-state index in [-0.39, 0.29) is 6.61 Å². The number of aliphatic hydroxyl groups excluding tert-OH is 1. The van der Waals surface area contributed by atoms with E-state index < -0.39 is 0 Å². The van der Waals surface area contributed by atoms with Crippen molar-refractivity contribution >= 4 is 28.1 Å². The first-order valence-electron chi connectivity index (χ1n) is 5.62. The van der Waals surface area contributed by atoms with Gasteiger partial charge in [0.05, 0.1) is 11.5 Å². The molecule has 2 rings (SSSR count). The van der Waals surface area contributed by atoms with Crippen LogP contribution in [-0.4, -0.2) is 23.2 Å². The first-order valence-corrected chi connectivity index (χ1v) is 6.82. The van der Waals surface area contributed by atoms with E-state index in [0.717, 1.165) is 34.9 Å². The molecule has 1 aliphatic rings. The molecule has 5 heteroatoms. The molecule has 0 amide bonds. The Hall–Kier alpha value is -0.320. The molecule has 0 radical (unpaired) electrons. The summed E-state index contributed by atoms with van der Waals surface area (Å²) in [5.41, 5.74) is 0. The van der Waals surface area contributed by atoms with Crippen LogP contribution < -0.4 is 4.90 Å². The minimum atomic E-state index is -0.0159. The number of aromatic nitrogens is 1. The molecule has 1 aliphatic heterocycles. The lowest BCUT2D eigenvalue weighted by Crippen LogP contribution is -2.20. The Morgan fingerprint density at radius 2 is 2.38 bits per heavy atom. The molecule has 1 atom stereocenters. The Morgan fingerprint density at radius 1 is 1.62 bits per heavy atom. The zero-order chi connectivity index (χ0) is 11.7. The number of halogens is 1. The predicted octanol–water partition coefficient (Wildman–Crippen LogP) is 2.77. The second-order valence-electron chi connectivity index (χ2n) is 4.61. The largest absolute Gasteiger partial charge is 0.391 e. The molecular weight excluding hydrogens is 244 g/mol. The van der Waals surface area contributed by atoms with Gasteiger partial charge in [0.15, 0.2) is 5.13 Å². The van der Waals surface area contributed by atoms with Crippen LogP contribution in [0.25, 0.3) is 0 Å². The molecule has 1 saturated heterocycles. The topological polar surface area (TPSA) is 36.4 Å². The Labute approximate surface area is 105 Å². The van der Waals surface area contributed by atoms with Crippen LogP contribution in [0.5, 0.6) is 0 Å². The summed E-state index contributed by atoms with van der Waals surface area (Å²) in [6.45, 7) is 6.63. The fraction of sp³-hybridized carbons (Fsp3) is 0.727. The highest BCUT2D eigenvalue weighted by Gasteiger charge is 2.27. The molecule has 16 heavy (non-hydrogen) atoms. The lowest BCUT2D eigenvalue weighted by molar-refractivity contribution is 0.285. The summed E-state index contributed by atoms with van der Waals surface area (Å²) in [5.74, 6) is 1.47. The average molecular weight is 261 g/mol. The molecule has 0 aromatic carbocycles. The van der Waals surface area contributed by atoms with Gasteiger partial charge in [0.1, 0.15) is 5.15 Å². The van der Waals surface area contributed by atoms with Crippen LogP contribution in [-0.2, 0) is 6.61 Å². The van der Waals surface area contributed by atoms with Crippen LogP contribution in [0, 0.1) is 11.8 Å². The van der Waals surface area contributed by atoms with Crippen LogP contribution in [0.15, 0.2) is 0 Å². The van der Waals surface area contributed by atoms with Gasteiger partial charge in [0.2, 0.25) is 0 Å². The number of aliphatic hydroxyl groups is 1. The van der Waals surface area contributed by atoms with E-state index in [2.05, 4.69) is 23.7 Å². The van der Waals surface area contributed by atoms with E-state index in [1.807, 2.05) is 0 Å². The van der Waals surface area contributed by atoms with Gasteiger partial charge in [-0.3, -0.25) is 0 Å². The summed E-state index contributed by atoms with van der Waals surface area (Å²) < 4.78 is 0. The Bertz CT molecular complexity index is 367. The summed E-state index contributed by atoms with van der Waals surface area (Å²) in [7, 11) is 0. The van der Waals surface area contributed by atoms with E-state index >= 15 is 0 Å². The van der Waals surface area contributed by atoms with E-state index in [4.69, 9.17) is 16.7 Å². The highest BCUT2D eigenvalue weighted by atomic mass is 35.5. The number of nitrogens with zero attached hydrogens (tertiary/aromatic N) is 2. The van der Waals surface area contributed by atoms with Crippen molar-refractivity contribution in [2.45, 2.75) is 26.9 Å². The zero-order valence-corrected chi connectivity index (χ0v) is 11.2. The van der Waals surface area contributed by atoms with Crippen molar-refractivity contribution < 1.29 is 5.11 Å². The second kappa shape index (κ2) is 4.90. The molecule has 90 valence electrons. The Morgan fingerprint density at radius 3 is 2.88 bits per heavy atom. The molecular formula is C11H17ClN2OS. The minimum Gasteiger partial charge on any atom is -0.391 e. The third-order valence-electron chi connectivity index (χ3n) is 3.22. The van der Waals surface area contributed by atoms with Gasteiger partial charge in [0, 0.05) is 13.1 Å². The maximum atomic E-state index is 9.08. The molecule has 1 fully saturated rings. The normalized spacial score (nSPS) is 21.1. The van der Waals surface area contributed by atoms with Gasteiger partial charge in [-0.1, -0.05) is 36.8 Å². The highest BCUT2D eigenvalue weighted by Crippen LogP contribution is 2.34. The molecule has 0 bridgehead atoms. The molecule has 2 heterocycles. The van der Waals surface area contributed by atoms with Gasteiger partial charge < -0.3 is 10.0 Å². The van der Waals surface area contributed by atoms with Crippen molar-refractivity contribution in [3.63, 3.8) is 0 Å². The fourth-order valence-electron chi connectivity index (χ4n) is 2.06. The first kappa shape index (κ1) is 12.1. The van der Waals surface area contributed by atoms with Gasteiger partial charge in [0.25, 0.3) is 0 Å². The Kier molecular flexibility index (Phi) is 3.72. The second-order valence-corrected chi connectivity index (χ2v) is 6.03. The van der Waals surface area contributed by atoms with Crippen molar-refractivity contribution in [2.24, 2.45) is 11.8 Å². The van der Waals surface area contributed by atoms with Crippen LogP contribution in [0.1, 0.15) is 25.1 Å². The molecule has 0 aliphatic carbocycles. The summed E-state index contributed by atoms with van der Waals surface area (Å²) in [4.78, 5) is 7.35. The van der Waals surface area contributed by atoms with E-state index in [0.29, 0.717) is 5.15 Å². The quantitative estimate of drug-likeness (QED) is 0.908. The smallest absolute Gasteiger partial charge is 0.187 e. The number of hydrogen-bond acceptors (Lipinski definition) is 4. The predicted molar refractivity (Wildman–Crippen MR) is 68.2 cm³/mol. The van der Waals surface area contributed by atoms with Crippen LogP contribution in [0.3, 0.4) is 0 Å². The monoisotopic (exact) mass is 260 g/mol. The summed E-state index contributed by atoms with van der Waals surface area (Å²) >= 11 is 7.44. The van der Waals surface area contributed by atoms with Crippen molar-refractivity contribution in [3.05, 3.63) is 10.0 Å². The van der Waals surface area contributed by atoms with Crippen molar-refractivity contribution in [1.82, 2.24) is 4.98 Å². The zero-order valence-electron chi connectivity index (χ0n) is 9.61. The van der Waals surface area contributed by atoms with Crippen molar-refractivity contribution in [2.75, 3.05) is 18.0 Å². The molecule has 1 N–H and O–H groups in total. The number of anilines is 1. The Balaban J connectivity index is 2.08. The number of thiazole rings is 1. The van der Waals surface area contributed by atoms with E-state index in [1.165, 1.54) is 17.8 Å². The highest BCUT2D eigenvalue weighted by molar-refractivity contribution is 7.16. The average Bonchev–Trinajstić information content (AvgIpc) is 2.83. The van der Waals surface area contributed by atoms with E-state index in [1.54, 1.807) is 0 Å². The molecule has 0 spiro atoms. The molecule has 3 nitrogen and oxygen atoms in total. The van der Waals surface area contributed by atoms with Gasteiger partial charge in [-0.05, 0) is 18.3 Å². The van der Waals surface area contributed by atoms with Crippen LogP contribution in [0.2, 0.25) is 5.15 Å². The van der Waals surface area contributed by atoms with Crippen molar-refractivity contribution in [1.29, 1.82) is 0 Å². The maximum Gasteiger partial charge on any atom is 0.187 e. The fourth-order valence-corrected chi connectivity index (χ4v) is 3.21. The van der Waals surface area contributed by atoms with Crippen LogP contribution >= 0.6 is 22.9 Å². The maximum absolute atomic E-state index is 9.08. The standard InChI is InChI=1S/C11H17ClN2OS/c1-7(2)8-3-4-14(5-8)11-13-10(12)9(6-15)16-11/h7-8,15H,3-6H2,1-2H3. The lowest BCUT2D eigenvalue weighted by atomic mass is 9.95. The van der Waals surface area contributed by atoms with Gasteiger partial charge in [-0.2, -0.15) is 0 Å². The van der Waals surface area contributed by atoms with Crippen molar-refractivity contribution in [3.8, 4) is 0 Å². The summed E-state index contributed by atoms with van der Waals surface area (Å²) in [5, 5.41) is 10.5. The van der Waals surface area contributed by atoms with Crippen LogP contribution in [0.4, 0.5) is 5.13 Å². The lowest BCUT2D eigenvalue weighted by Gasteiger charge is -2.16. The summed E-state index contributed by atoms with van der Waals surface area (Å²) in [6, 6.07) is 0. The van der Waals surface area contributed by atoms with Gasteiger partial charge in [-0.25, -0.2) is 4.98 Å². The van der Waals surface area contributed by atoms with E-state index in [9.17, 15) is 0 Å². The molecule has 1 unspecified atom stereocenters. The third-order valence-corrected chi connectivity index (χ3v) is 4.75. The first-order chi connectivity index (χ1) is 7.61. The molecule has 0 saturated carbocycles. The number of hydrogen-bond donors (Lipinski definition) is 1. The van der Waals surface area contributed by atoms with Gasteiger partial charge >= 0.3 is 0 Å². The van der Waals surface area contributed by atoms with Gasteiger partial charge in [-0.15, -0.1) is 0 Å². The summed E-state index contributed by atoms with van der Waals surface area (Å²) in [6.07, 6.45) is 1.23. The third kappa shape index (κ3) is 2.34. The number of rotatable bonds is 3.